The molecular weight excluding hydrogens is 140 g/mol. The Morgan fingerprint density at radius 3 is 2.36 bits per heavy atom. The van der Waals surface area contributed by atoms with Gasteiger partial charge < -0.3 is 11.1 Å². The average molecular weight is 156 g/mol. The molecule has 0 aliphatic carbocycles. The second kappa shape index (κ2) is 3.53. The molecule has 0 aliphatic rings. The van der Waals surface area contributed by atoms with Crippen LogP contribution in [0.4, 0.5) is 0 Å². The maximum Gasteiger partial charge on any atom is 0.246 e. The fourth-order valence-electron chi connectivity index (χ4n) is 0.459. The number of carbonyl (C=O) groups excluding carboxylic acids is 1. The van der Waals surface area contributed by atoms with E-state index >= 15 is 0 Å². The van der Waals surface area contributed by atoms with E-state index in [1.807, 2.05) is 13.8 Å². The zero-order valence-corrected chi connectivity index (χ0v) is 7.40. The highest BCUT2D eigenvalue weighted by Crippen LogP contribution is 1.94. The van der Waals surface area contributed by atoms with E-state index in [-0.39, 0.29) is 11.4 Å². The van der Waals surface area contributed by atoms with Crippen molar-refractivity contribution in [2.75, 3.05) is 6.54 Å². The second-order valence-corrected chi connectivity index (χ2v) is 3.45. The van der Waals surface area contributed by atoms with Gasteiger partial charge in [0.2, 0.25) is 5.91 Å². The van der Waals surface area contributed by atoms with E-state index in [1.54, 1.807) is 6.92 Å². The van der Waals surface area contributed by atoms with Crippen LogP contribution in [0.2, 0.25) is 0 Å². The number of hydrogen-bond acceptors (Lipinski definition) is 2. The van der Waals surface area contributed by atoms with Crippen LogP contribution in [0.5, 0.6) is 0 Å². The lowest BCUT2D eigenvalue weighted by Crippen LogP contribution is -2.45. The minimum absolute atomic E-state index is 0.136. The van der Waals surface area contributed by atoms with Gasteiger partial charge in [0.25, 0.3) is 0 Å². The summed E-state index contributed by atoms with van der Waals surface area (Å²) in [7, 11) is 0. The van der Waals surface area contributed by atoms with Gasteiger partial charge in [0.1, 0.15) is 0 Å². The van der Waals surface area contributed by atoms with Gasteiger partial charge >= 0.3 is 0 Å². The molecule has 0 aliphatic heterocycles. The number of nitrogens with one attached hydrogen (secondary N) is 1. The van der Waals surface area contributed by atoms with E-state index in [9.17, 15) is 4.79 Å². The van der Waals surface area contributed by atoms with Crippen LogP contribution in [-0.2, 0) is 4.79 Å². The summed E-state index contributed by atoms with van der Waals surface area (Å²) < 4.78 is 0. The van der Waals surface area contributed by atoms with E-state index in [4.69, 9.17) is 5.73 Å². The van der Waals surface area contributed by atoms with Gasteiger partial charge in [-0.3, -0.25) is 4.79 Å². The van der Waals surface area contributed by atoms with Gasteiger partial charge in [0, 0.05) is 17.7 Å². The Labute approximate surface area is 67.7 Å². The molecule has 0 saturated carbocycles. The monoisotopic (exact) mass is 156 g/mol. The van der Waals surface area contributed by atoms with Crippen LogP contribution >= 0.6 is 0 Å². The summed E-state index contributed by atoms with van der Waals surface area (Å²) in [6.07, 6.45) is 0. The van der Waals surface area contributed by atoms with Gasteiger partial charge in [-0.05, 0) is 20.8 Å². The van der Waals surface area contributed by atoms with E-state index in [0.717, 1.165) is 0 Å². The molecular formula is C8H16N2O. The van der Waals surface area contributed by atoms with Crippen molar-refractivity contribution < 1.29 is 4.79 Å². The van der Waals surface area contributed by atoms with Gasteiger partial charge in [0.15, 0.2) is 0 Å². The highest BCUT2D eigenvalue weighted by atomic mass is 16.1. The lowest BCUT2D eigenvalue weighted by Gasteiger charge is -2.18. The van der Waals surface area contributed by atoms with Gasteiger partial charge in [-0.2, -0.15) is 0 Å². The number of rotatable bonds is 3. The molecule has 3 N–H and O–H groups in total. The topological polar surface area (TPSA) is 55.1 Å². The first-order valence-corrected chi connectivity index (χ1v) is 3.55. The summed E-state index contributed by atoms with van der Waals surface area (Å²) in [6, 6.07) is 0. The first-order chi connectivity index (χ1) is 4.83. The molecule has 11 heavy (non-hydrogen) atoms. The highest BCUT2D eigenvalue weighted by molar-refractivity contribution is 5.92. The first kappa shape index (κ1) is 10.2. The van der Waals surface area contributed by atoms with Crippen molar-refractivity contribution in [2.45, 2.75) is 26.3 Å². The van der Waals surface area contributed by atoms with Crippen molar-refractivity contribution in [3.05, 3.63) is 12.2 Å². The Bertz CT molecular complexity index is 167. The van der Waals surface area contributed by atoms with Crippen molar-refractivity contribution >= 4 is 5.91 Å². The van der Waals surface area contributed by atoms with E-state index < -0.39 is 0 Å². The van der Waals surface area contributed by atoms with Crippen LogP contribution in [-0.4, -0.2) is 18.0 Å². The summed E-state index contributed by atoms with van der Waals surface area (Å²) in [6.45, 7) is 9.35. The van der Waals surface area contributed by atoms with Crippen LogP contribution in [0.1, 0.15) is 20.8 Å². The number of nitrogens with two attached hydrogens (primary N) is 1. The zero-order valence-electron chi connectivity index (χ0n) is 7.40. The average Bonchev–Trinajstić information content (AvgIpc) is 1.80. The van der Waals surface area contributed by atoms with Crippen LogP contribution in [0.3, 0.4) is 0 Å². The maximum atomic E-state index is 10.9. The molecule has 0 bridgehead atoms. The molecule has 0 unspecified atom stereocenters. The fourth-order valence-corrected chi connectivity index (χ4v) is 0.459. The van der Waals surface area contributed by atoms with E-state index in [2.05, 4.69) is 11.9 Å². The quantitative estimate of drug-likeness (QED) is 0.582. The summed E-state index contributed by atoms with van der Waals surface area (Å²) in [4.78, 5) is 10.9. The third-order valence-electron chi connectivity index (χ3n) is 1.09. The second-order valence-electron chi connectivity index (χ2n) is 3.45. The number of hydrogen-bond donors (Lipinski definition) is 2. The molecule has 0 rings (SSSR count). The van der Waals surface area contributed by atoms with Gasteiger partial charge in [-0.25, -0.2) is 0 Å². The predicted molar refractivity (Wildman–Crippen MR) is 46.1 cm³/mol. The van der Waals surface area contributed by atoms with Gasteiger partial charge in [-0.1, -0.05) is 6.58 Å². The normalized spacial score (nSPS) is 10.9. The molecule has 0 atom stereocenters. The fraction of sp³-hybridized carbons (Fsp3) is 0.625. The smallest absolute Gasteiger partial charge is 0.246 e. The largest absolute Gasteiger partial charge is 0.351 e. The maximum absolute atomic E-state index is 10.9. The molecule has 0 aromatic heterocycles. The van der Waals surface area contributed by atoms with Gasteiger partial charge in [-0.15, -0.1) is 0 Å². The van der Waals surface area contributed by atoms with Gasteiger partial charge in [0.05, 0.1) is 0 Å². The van der Waals surface area contributed by atoms with Crippen LogP contribution in [0.25, 0.3) is 0 Å². The third-order valence-corrected chi connectivity index (χ3v) is 1.09. The molecule has 0 saturated heterocycles. The molecule has 0 aromatic carbocycles. The minimum Gasteiger partial charge on any atom is -0.351 e. The molecule has 0 fully saturated rings. The molecule has 3 nitrogen and oxygen atoms in total. The van der Waals surface area contributed by atoms with Crippen molar-refractivity contribution in [2.24, 2.45) is 5.73 Å². The van der Waals surface area contributed by atoms with Crippen molar-refractivity contribution in [1.82, 2.24) is 5.32 Å². The summed E-state index contributed by atoms with van der Waals surface area (Å²) in [5, 5.41) is 2.66. The summed E-state index contributed by atoms with van der Waals surface area (Å²) >= 11 is 0. The molecule has 3 heteroatoms. The SMILES string of the molecule is C=C(C)C(=O)NCC(C)(C)N. The van der Waals surface area contributed by atoms with E-state index in [0.29, 0.717) is 12.1 Å². The highest BCUT2D eigenvalue weighted by Gasteiger charge is 2.11. The molecule has 1 amide bonds. The molecule has 0 spiro atoms. The summed E-state index contributed by atoms with van der Waals surface area (Å²) in [5.41, 5.74) is 5.79. The van der Waals surface area contributed by atoms with Crippen molar-refractivity contribution in [3.63, 3.8) is 0 Å². The molecule has 0 aromatic rings. The first-order valence-electron chi connectivity index (χ1n) is 3.55. The lowest BCUT2D eigenvalue weighted by atomic mass is 10.1. The van der Waals surface area contributed by atoms with E-state index in [1.165, 1.54) is 0 Å². The molecule has 0 heterocycles. The summed E-state index contributed by atoms with van der Waals surface area (Å²) in [5.74, 6) is -0.136. The lowest BCUT2D eigenvalue weighted by molar-refractivity contribution is -0.117. The van der Waals surface area contributed by atoms with Crippen molar-refractivity contribution in [3.8, 4) is 0 Å². The van der Waals surface area contributed by atoms with Crippen LogP contribution in [0.15, 0.2) is 12.2 Å². The Morgan fingerprint density at radius 2 is 2.09 bits per heavy atom. The Kier molecular flexibility index (Phi) is 3.26. The number of amides is 1. The number of carbonyl (C=O) groups is 1. The van der Waals surface area contributed by atoms with Crippen molar-refractivity contribution in [1.29, 1.82) is 0 Å². The standard InChI is InChI=1S/C8H16N2O/c1-6(2)7(11)10-5-8(3,4)9/h1,5,9H2,2-4H3,(H,10,11). The molecule has 0 radical (unpaired) electrons. The Hall–Kier alpha value is -0.830. The third kappa shape index (κ3) is 5.61. The Balaban J connectivity index is 3.73. The predicted octanol–water partition coefficient (Wildman–Crippen LogP) is 0.416. The van der Waals surface area contributed by atoms with Crippen LogP contribution in [0, 0.1) is 0 Å². The minimum atomic E-state index is -0.356. The molecule has 64 valence electrons. The Morgan fingerprint density at radius 1 is 1.64 bits per heavy atom. The zero-order chi connectivity index (χ0) is 9.07. The van der Waals surface area contributed by atoms with Crippen LogP contribution < -0.4 is 11.1 Å².